The fourth-order valence-corrected chi connectivity index (χ4v) is 9.54. The number of fused-ring (bicyclic) bond motifs is 1. The van der Waals surface area contributed by atoms with E-state index in [0.29, 0.717) is 11.6 Å². The van der Waals surface area contributed by atoms with Crippen molar-refractivity contribution in [1.82, 2.24) is 14.3 Å². The van der Waals surface area contributed by atoms with E-state index >= 15 is 8.78 Å². The summed E-state index contributed by atoms with van der Waals surface area (Å²) in [5.41, 5.74) is 7.09. The van der Waals surface area contributed by atoms with Crippen LogP contribution >= 0.6 is 10.7 Å². The average molecular weight is 603 g/mol. The molecule has 4 rings (SSSR count). The Morgan fingerprint density at radius 3 is 2.50 bits per heavy atom. The van der Waals surface area contributed by atoms with Gasteiger partial charge in [-0.2, -0.15) is 0 Å². The SMILES string of the molecule is C/C=S1/N(C(=O)OC(C)(C)C)[C@H](C)[C@H]2[C@@H](/C=C/c3ccc(-c4cccnc4OC)cn3)[C@H](C)C(F)(F)C[C@@]21CC(N)=O. The Labute approximate surface area is 248 Å². The highest BCUT2D eigenvalue weighted by molar-refractivity contribution is 8.14. The molecule has 1 unspecified atom stereocenters. The molecule has 1 saturated carbocycles. The molecule has 2 amide bonds. The molecule has 0 bridgehead atoms. The molecule has 1 aliphatic carbocycles. The third kappa shape index (κ3) is 5.93. The zero-order valence-electron chi connectivity index (χ0n) is 25.1. The van der Waals surface area contributed by atoms with Gasteiger partial charge in [0.1, 0.15) is 5.60 Å². The summed E-state index contributed by atoms with van der Waals surface area (Å²) in [4.78, 5) is 34.7. The van der Waals surface area contributed by atoms with Crippen molar-refractivity contribution >= 4 is 34.1 Å². The van der Waals surface area contributed by atoms with Crippen LogP contribution in [0.1, 0.15) is 60.1 Å². The molecule has 2 aromatic rings. The number of amides is 2. The lowest BCUT2D eigenvalue weighted by atomic mass is 9.61. The lowest BCUT2D eigenvalue weighted by molar-refractivity contribution is -0.133. The molecular formula is C31H40F2N4O4S. The van der Waals surface area contributed by atoms with E-state index in [0.717, 1.165) is 11.1 Å². The number of carbonyl (C=O) groups is 2. The molecule has 0 spiro atoms. The van der Waals surface area contributed by atoms with E-state index in [1.807, 2.05) is 19.1 Å². The van der Waals surface area contributed by atoms with Gasteiger partial charge in [0.2, 0.25) is 11.8 Å². The minimum absolute atomic E-state index is 0.263. The predicted octanol–water partition coefficient (Wildman–Crippen LogP) is 6.33. The van der Waals surface area contributed by atoms with E-state index in [1.165, 1.54) is 6.92 Å². The van der Waals surface area contributed by atoms with Crippen molar-refractivity contribution in [2.24, 2.45) is 23.5 Å². The van der Waals surface area contributed by atoms with Gasteiger partial charge in [-0.25, -0.2) is 18.6 Å². The number of halogens is 2. The maximum atomic E-state index is 15.9. The second kappa shape index (κ2) is 11.7. The second-order valence-electron chi connectivity index (χ2n) is 12.0. The number of nitrogens with zero attached hydrogens (tertiary/aromatic N) is 3. The van der Waals surface area contributed by atoms with Crippen molar-refractivity contribution in [1.29, 1.82) is 0 Å². The third-order valence-corrected chi connectivity index (χ3v) is 10.9. The summed E-state index contributed by atoms with van der Waals surface area (Å²) in [6.07, 6.45) is 5.42. The van der Waals surface area contributed by atoms with Crippen LogP contribution in [0.25, 0.3) is 17.2 Å². The first-order valence-electron chi connectivity index (χ1n) is 14.0. The summed E-state index contributed by atoms with van der Waals surface area (Å²) in [7, 11) is 0.412. The monoisotopic (exact) mass is 602 g/mol. The smallest absolute Gasteiger partial charge is 0.420 e. The van der Waals surface area contributed by atoms with Gasteiger partial charge in [0, 0.05) is 59.0 Å². The van der Waals surface area contributed by atoms with Gasteiger partial charge in [-0.3, -0.25) is 14.1 Å². The molecule has 6 atom stereocenters. The zero-order valence-corrected chi connectivity index (χ0v) is 26.0. The summed E-state index contributed by atoms with van der Waals surface area (Å²) in [6.45, 7) is 10.4. The van der Waals surface area contributed by atoms with Crippen LogP contribution in [-0.4, -0.2) is 61.1 Å². The first-order valence-corrected chi connectivity index (χ1v) is 15.2. The summed E-state index contributed by atoms with van der Waals surface area (Å²) in [5, 5.41) is 1.75. The third-order valence-electron chi connectivity index (χ3n) is 8.14. The standard InChI is InChI=1S/C31H40F2N4O4S/c1-8-42-30(16-25(34)38)18-31(32,33)19(2)23(26(30)20(3)37(42)28(39)41-29(4,5)6)14-13-22-12-11-21(17-36-22)24-10-9-15-35-27(24)40-7/h8-15,17,19-20,23,26H,16,18H2,1-7H3,(H2,34,38)/b14-13+/t19-,20+,23-,26-,30-,42?/m0/s1. The van der Waals surface area contributed by atoms with Gasteiger partial charge >= 0.3 is 6.09 Å². The number of allylic oxidation sites excluding steroid dienone is 1. The molecule has 11 heteroatoms. The van der Waals surface area contributed by atoms with Crippen LogP contribution in [-0.2, 0) is 9.53 Å². The van der Waals surface area contributed by atoms with Crippen LogP contribution in [0.15, 0.2) is 42.7 Å². The Morgan fingerprint density at radius 1 is 1.21 bits per heavy atom. The Balaban J connectivity index is 1.76. The van der Waals surface area contributed by atoms with Crippen LogP contribution in [0.2, 0.25) is 0 Å². The number of ether oxygens (including phenoxy) is 2. The van der Waals surface area contributed by atoms with Crippen molar-refractivity contribution in [3.05, 3.63) is 48.4 Å². The maximum Gasteiger partial charge on any atom is 0.420 e. The first kappa shape index (κ1) is 31.6. The van der Waals surface area contributed by atoms with Crippen molar-refractivity contribution in [3.8, 4) is 17.0 Å². The molecule has 228 valence electrons. The number of primary amides is 1. The maximum absolute atomic E-state index is 15.9. The van der Waals surface area contributed by atoms with Gasteiger partial charge in [-0.15, -0.1) is 0 Å². The van der Waals surface area contributed by atoms with E-state index in [9.17, 15) is 9.59 Å². The largest absolute Gasteiger partial charge is 0.481 e. The number of aromatic nitrogens is 2. The minimum atomic E-state index is -3.10. The lowest BCUT2D eigenvalue weighted by Crippen LogP contribution is -2.56. The lowest BCUT2D eigenvalue weighted by Gasteiger charge is -2.50. The van der Waals surface area contributed by atoms with E-state index < -0.39 is 69.2 Å². The Morgan fingerprint density at radius 2 is 1.93 bits per heavy atom. The number of carbonyl (C=O) groups excluding carboxylic acids is 2. The first-order chi connectivity index (χ1) is 19.6. The van der Waals surface area contributed by atoms with Crippen LogP contribution in [0.3, 0.4) is 0 Å². The van der Waals surface area contributed by atoms with Gasteiger partial charge in [-0.05, 0) is 70.2 Å². The summed E-state index contributed by atoms with van der Waals surface area (Å²) >= 11 is 0. The topological polar surface area (TPSA) is 108 Å². The molecule has 1 saturated heterocycles. The molecule has 1 aliphatic heterocycles. The summed E-state index contributed by atoms with van der Waals surface area (Å²) in [6, 6.07) is 6.87. The number of pyridine rings is 2. The minimum Gasteiger partial charge on any atom is -0.481 e. The van der Waals surface area contributed by atoms with Gasteiger partial charge in [0.05, 0.1) is 12.8 Å². The quantitative estimate of drug-likeness (QED) is 0.387. The number of rotatable bonds is 6. The van der Waals surface area contributed by atoms with Crippen molar-refractivity contribution in [3.63, 3.8) is 0 Å². The van der Waals surface area contributed by atoms with E-state index in [1.54, 1.807) is 81.2 Å². The Hall–Kier alpha value is -3.34. The molecule has 2 fully saturated rings. The van der Waals surface area contributed by atoms with Gasteiger partial charge in [0.25, 0.3) is 5.92 Å². The Kier molecular flexibility index (Phi) is 8.83. The van der Waals surface area contributed by atoms with Gasteiger partial charge < -0.3 is 15.2 Å². The van der Waals surface area contributed by atoms with E-state index in [4.69, 9.17) is 15.2 Å². The zero-order chi connectivity index (χ0) is 31.0. The molecule has 2 aliphatic rings. The number of alkyl halides is 2. The van der Waals surface area contributed by atoms with Gasteiger partial charge in [0.15, 0.2) is 0 Å². The average Bonchev–Trinajstić information content (AvgIpc) is 3.14. The normalized spacial score (nSPS) is 29.0. The van der Waals surface area contributed by atoms with E-state index in [-0.39, 0.29) is 6.42 Å². The molecule has 2 N–H and O–H groups in total. The number of nitrogens with two attached hydrogens (primary N) is 1. The number of hydrogen-bond donors (Lipinski definition) is 1. The molecule has 2 aromatic heterocycles. The van der Waals surface area contributed by atoms with Crippen LogP contribution in [0.5, 0.6) is 5.88 Å². The van der Waals surface area contributed by atoms with Crippen LogP contribution in [0, 0.1) is 17.8 Å². The fraction of sp³-hybridized carbons (Fsp3) is 0.516. The van der Waals surface area contributed by atoms with Gasteiger partial charge in [-0.1, -0.05) is 29.7 Å². The van der Waals surface area contributed by atoms with E-state index in [2.05, 4.69) is 9.97 Å². The number of hydrogen-bond acceptors (Lipinski definition) is 6. The van der Waals surface area contributed by atoms with Crippen LogP contribution in [0.4, 0.5) is 13.6 Å². The fourth-order valence-electron chi connectivity index (χ4n) is 6.50. The molecule has 0 radical (unpaired) electrons. The highest BCUT2D eigenvalue weighted by Crippen LogP contribution is 2.66. The van der Waals surface area contributed by atoms with Crippen molar-refractivity contribution < 1.29 is 27.8 Å². The summed E-state index contributed by atoms with van der Waals surface area (Å²) < 4.78 is 43.2. The number of methoxy groups -OCH3 is 1. The van der Waals surface area contributed by atoms with Crippen molar-refractivity contribution in [2.45, 2.75) is 76.7 Å². The summed E-state index contributed by atoms with van der Waals surface area (Å²) in [5.74, 6) is -5.50. The highest BCUT2D eigenvalue weighted by Gasteiger charge is 2.67. The second-order valence-corrected chi connectivity index (χ2v) is 14.3. The highest BCUT2D eigenvalue weighted by atomic mass is 32.2. The molecule has 3 heterocycles. The molecule has 0 aromatic carbocycles. The molecule has 42 heavy (non-hydrogen) atoms. The molecular weight excluding hydrogens is 562 g/mol. The predicted molar refractivity (Wildman–Crippen MR) is 162 cm³/mol. The molecule has 8 nitrogen and oxygen atoms in total. The Bertz CT molecular complexity index is 1390. The van der Waals surface area contributed by atoms with Crippen molar-refractivity contribution in [2.75, 3.05) is 7.11 Å². The van der Waals surface area contributed by atoms with Crippen LogP contribution < -0.4 is 10.5 Å².